The molecule has 1 aliphatic carbocycles. The molecule has 2 N–H and O–H groups in total. The molecule has 5 heteroatoms. The van der Waals surface area contributed by atoms with Crippen LogP contribution in [0.15, 0.2) is 54.2 Å². The molecule has 0 bridgehead atoms. The van der Waals surface area contributed by atoms with Crippen molar-refractivity contribution in [2.75, 3.05) is 35.2 Å². The van der Waals surface area contributed by atoms with E-state index in [9.17, 15) is 4.79 Å². The first-order chi connectivity index (χ1) is 14.3. The summed E-state index contributed by atoms with van der Waals surface area (Å²) in [4.78, 5) is 19.2. The summed E-state index contributed by atoms with van der Waals surface area (Å²) in [7, 11) is 0. The van der Waals surface area contributed by atoms with Gasteiger partial charge in [-0.2, -0.15) is 0 Å². The Morgan fingerprint density at radius 1 is 0.966 bits per heavy atom. The van der Waals surface area contributed by atoms with Crippen LogP contribution in [0.3, 0.4) is 0 Å². The zero-order chi connectivity index (χ0) is 19.9. The highest BCUT2D eigenvalue weighted by Gasteiger charge is 2.13. The van der Waals surface area contributed by atoms with Crippen LogP contribution in [0.5, 0.6) is 0 Å². The third-order valence-corrected chi connectivity index (χ3v) is 5.75. The van der Waals surface area contributed by atoms with Gasteiger partial charge in [0.1, 0.15) is 5.69 Å². The van der Waals surface area contributed by atoms with Crippen LogP contribution in [-0.4, -0.2) is 30.5 Å². The van der Waals surface area contributed by atoms with Crippen molar-refractivity contribution in [3.05, 3.63) is 59.9 Å². The van der Waals surface area contributed by atoms with Gasteiger partial charge >= 0.3 is 0 Å². The Labute approximate surface area is 173 Å². The van der Waals surface area contributed by atoms with Gasteiger partial charge in [-0.05, 0) is 81.3 Å². The summed E-state index contributed by atoms with van der Waals surface area (Å²) >= 11 is 0. The number of hydrogen-bond acceptors (Lipinski definition) is 4. The summed E-state index contributed by atoms with van der Waals surface area (Å²) in [6.45, 7) is 3.14. The molecule has 4 rings (SSSR count). The van der Waals surface area contributed by atoms with Crippen molar-refractivity contribution < 1.29 is 4.79 Å². The molecular weight excluding hydrogens is 360 g/mol. The molecule has 1 amide bonds. The Morgan fingerprint density at radius 2 is 1.76 bits per heavy atom. The molecule has 29 heavy (non-hydrogen) atoms. The van der Waals surface area contributed by atoms with E-state index in [0.717, 1.165) is 37.4 Å². The summed E-state index contributed by atoms with van der Waals surface area (Å²) in [6, 6.07) is 11.8. The molecule has 0 saturated carbocycles. The average molecular weight is 391 g/mol. The number of pyridine rings is 1. The van der Waals surface area contributed by atoms with Gasteiger partial charge in [-0.3, -0.25) is 4.79 Å². The molecule has 1 aromatic heterocycles. The Hall–Kier alpha value is -2.82. The standard InChI is InChI=1S/C24H30N4O/c29-24(27-20-8-11-22(12-9-20)28-16-4-5-17-28)23-13-10-21(18-26-23)25-15-14-19-6-2-1-3-7-19/h6,8-13,18,25H,1-5,7,14-17H2,(H,27,29). The van der Waals surface area contributed by atoms with Gasteiger partial charge < -0.3 is 15.5 Å². The second-order valence-electron chi connectivity index (χ2n) is 7.91. The van der Waals surface area contributed by atoms with Crippen molar-refractivity contribution in [2.45, 2.75) is 44.9 Å². The van der Waals surface area contributed by atoms with E-state index in [4.69, 9.17) is 0 Å². The van der Waals surface area contributed by atoms with E-state index in [1.807, 2.05) is 18.2 Å². The first-order valence-corrected chi connectivity index (χ1v) is 10.8. The lowest BCUT2D eigenvalue weighted by Gasteiger charge is -2.17. The summed E-state index contributed by atoms with van der Waals surface area (Å²) in [5.41, 5.74) is 4.95. The second kappa shape index (κ2) is 9.59. The van der Waals surface area contributed by atoms with Gasteiger partial charge in [0.05, 0.1) is 11.9 Å². The van der Waals surface area contributed by atoms with Gasteiger partial charge in [-0.1, -0.05) is 11.6 Å². The molecule has 1 fully saturated rings. The van der Waals surface area contributed by atoms with E-state index in [2.05, 4.69) is 38.7 Å². The number of benzene rings is 1. The number of carbonyl (C=O) groups excluding carboxylic acids is 1. The van der Waals surface area contributed by atoms with Gasteiger partial charge in [0, 0.05) is 31.0 Å². The molecule has 0 radical (unpaired) electrons. The second-order valence-corrected chi connectivity index (χ2v) is 7.91. The van der Waals surface area contributed by atoms with Crippen LogP contribution in [0.25, 0.3) is 0 Å². The lowest BCUT2D eigenvalue weighted by atomic mass is 9.97. The molecule has 0 atom stereocenters. The molecule has 2 aliphatic rings. The van der Waals surface area contributed by atoms with E-state index in [1.54, 1.807) is 17.8 Å². The first kappa shape index (κ1) is 19.5. The lowest BCUT2D eigenvalue weighted by Crippen LogP contribution is -2.17. The molecule has 5 nitrogen and oxygen atoms in total. The smallest absolute Gasteiger partial charge is 0.274 e. The summed E-state index contributed by atoms with van der Waals surface area (Å²) < 4.78 is 0. The SMILES string of the molecule is O=C(Nc1ccc(N2CCCC2)cc1)c1ccc(NCCC2=CCCCC2)cn1. The molecule has 2 aromatic rings. The van der Waals surface area contributed by atoms with Gasteiger partial charge in [-0.25, -0.2) is 4.98 Å². The Morgan fingerprint density at radius 3 is 2.45 bits per heavy atom. The van der Waals surface area contributed by atoms with Crippen LogP contribution < -0.4 is 15.5 Å². The zero-order valence-corrected chi connectivity index (χ0v) is 17.0. The largest absolute Gasteiger partial charge is 0.383 e. The predicted molar refractivity (Wildman–Crippen MR) is 120 cm³/mol. The third-order valence-electron chi connectivity index (χ3n) is 5.75. The van der Waals surface area contributed by atoms with Crippen molar-refractivity contribution >= 4 is 23.0 Å². The maximum absolute atomic E-state index is 12.5. The molecule has 2 heterocycles. The molecule has 0 spiro atoms. The van der Waals surface area contributed by atoms with Crippen LogP contribution in [-0.2, 0) is 0 Å². The van der Waals surface area contributed by atoms with E-state index >= 15 is 0 Å². The quantitative estimate of drug-likeness (QED) is 0.635. The molecule has 152 valence electrons. The topological polar surface area (TPSA) is 57.3 Å². The van der Waals surface area contributed by atoms with E-state index in [0.29, 0.717) is 5.69 Å². The monoisotopic (exact) mass is 390 g/mol. The normalized spacial score (nSPS) is 16.4. The van der Waals surface area contributed by atoms with Crippen LogP contribution >= 0.6 is 0 Å². The number of nitrogens with zero attached hydrogens (tertiary/aromatic N) is 2. The summed E-state index contributed by atoms with van der Waals surface area (Å²) in [5.74, 6) is -0.183. The highest BCUT2D eigenvalue weighted by atomic mass is 16.1. The van der Waals surface area contributed by atoms with Gasteiger partial charge in [-0.15, -0.1) is 0 Å². The predicted octanol–water partition coefficient (Wildman–Crippen LogP) is 5.24. The van der Waals surface area contributed by atoms with Crippen LogP contribution in [0.4, 0.5) is 17.1 Å². The van der Waals surface area contributed by atoms with Gasteiger partial charge in [0.25, 0.3) is 5.91 Å². The summed E-state index contributed by atoms with van der Waals surface area (Å²) in [5, 5.41) is 6.33. The first-order valence-electron chi connectivity index (χ1n) is 10.8. The fraction of sp³-hybridized carbons (Fsp3) is 0.417. The number of rotatable bonds is 7. The number of aromatic nitrogens is 1. The maximum Gasteiger partial charge on any atom is 0.274 e. The van der Waals surface area contributed by atoms with Crippen molar-refractivity contribution in [1.82, 2.24) is 4.98 Å². The Kier molecular flexibility index (Phi) is 6.45. The zero-order valence-electron chi connectivity index (χ0n) is 17.0. The number of carbonyl (C=O) groups is 1. The average Bonchev–Trinajstić information content (AvgIpc) is 3.30. The molecular formula is C24H30N4O. The molecule has 1 saturated heterocycles. The van der Waals surface area contributed by atoms with Gasteiger partial charge in [0.2, 0.25) is 0 Å². The number of nitrogens with one attached hydrogen (secondary N) is 2. The van der Waals surface area contributed by atoms with E-state index < -0.39 is 0 Å². The Bertz CT molecular complexity index is 836. The van der Waals surface area contributed by atoms with E-state index in [-0.39, 0.29) is 5.91 Å². The molecule has 1 aliphatic heterocycles. The molecule has 1 aromatic carbocycles. The van der Waals surface area contributed by atoms with Crippen molar-refractivity contribution in [3.63, 3.8) is 0 Å². The number of amides is 1. The van der Waals surface area contributed by atoms with Gasteiger partial charge in [0.15, 0.2) is 0 Å². The maximum atomic E-state index is 12.5. The lowest BCUT2D eigenvalue weighted by molar-refractivity contribution is 0.102. The highest BCUT2D eigenvalue weighted by Crippen LogP contribution is 2.22. The van der Waals surface area contributed by atoms with Crippen molar-refractivity contribution in [3.8, 4) is 0 Å². The number of anilines is 3. The minimum absolute atomic E-state index is 0.183. The van der Waals surface area contributed by atoms with Crippen molar-refractivity contribution in [2.24, 2.45) is 0 Å². The minimum Gasteiger partial charge on any atom is -0.383 e. The van der Waals surface area contributed by atoms with Crippen LogP contribution in [0, 0.1) is 0 Å². The Balaban J connectivity index is 1.26. The third kappa shape index (κ3) is 5.37. The fourth-order valence-corrected chi connectivity index (χ4v) is 4.06. The number of allylic oxidation sites excluding steroid dienone is 1. The molecule has 0 unspecified atom stereocenters. The van der Waals surface area contributed by atoms with Crippen molar-refractivity contribution in [1.29, 1.82) is 0 Å². The minimum atomic E-state index is -0.183. The van der Waals surface area contributed by atoms with Crippen LogP contribution in [0.2, 0.25) is 0 Å². The highest BCUT2D eigenvalue weighted by molar-refractivity contribution is 6.03. The summed E-state index contributed by atoms with van der Waals surface area (Å²) in [6.07, 6.45) is 12.8. The van der Waals surface area contributed by atoms with Crippen LogP contribution in [0.1, 0.15) is 55.4 Å². The van der Waals surface area contributed by atoms with E-state index in [1.165, 1.54) is 44.2 Å². The number of hydrogen-bond donors (Lipinski definition) is 2. The fourth-order valence-electron chi connectivity index (χ4n) is 4.06.